The number of pyridine rings is 1. The van der Waals surface area contributed by atoms with E-state index < -0.39 is 17.7 Å². The number of rotatable bonds is 3. The lowest BCUT2D eigenvalue weighted by molar-refractivity contribution is 0.0690. The molecule has 0 atom stereocenters. The van der Waals surface area contributed by atoms with Crippen LogP contribution in [-0.4, -0.2) is 22.0 Å². The van der Waals surface area contributed by atoms with Gasteiger partial charge in [0.1, 0.15) is 11.6 Å². The monoisotopic (exact) mass is 274 g/mol. The number of carbonyl (C=O) groups excluding carboxylic acids is 1. The van der Waals surface area contributed by atoms with Gasteiger partial charge in [-0.25, -0.2) is 14.2 Å². The zero-order valence-electron chi connectivity index (χ0n) is 10.6. The molecule has 20 heavy (non-hydrogen) atoms. The maximum absolute atomic E-state index is 13.1. The zero-order chi connectivity index (χ0) is 14.7. The fourth-order valence-corrected chi connectivity index (χ4v) is 1.60. The molecule has 1 aromatic carbocycles. The minimum absolute atomic E-state index is 0.122. The van der Waals surface area contributed by atoms with Crippen LogP contribution < -0.4 is 5.32 Å². The summed E-state index contributed by atoms with van der Waals surface area (Å²) >= 11 is 0. The van der Waals surface area contributed by atoms with E-state index in [4.69, 9.17) is 5.11 Å². The van der Waals surface area contributed by atoms with E-state index in [0.717, 1.165) is 0 Å². The Morgan fingerprint density at radius 1 is 1.25 bits per heavy atom. The topological polar surface area (TPSA) is 79.3 Å². The third kappa shape index (κ3) is 2.97. The minimum atomic E-state index is -1.18. The SMILES string of the molecule is Cc1cc(C(=O)Nc2cccc(C(=O)O)n2)ccc1F. The third-order valence-corrected chi connectivity index (χ3v) is 2.63. The smallest absolute Gasteiger partial charge is 0.354 e. The number of aromatic carboxylic acids is 1. The molecule has 0 bridgehead atoms. The molecule has 0 aliphatic heterocycles. The van der Waals surface area contributed by atoms with Gasteiger partial charge < -0.3 is 10.4 Å². The van der Waals surface area contributed by atoms with Gasteiger partial charge in [0.25, 0.3) is 5.91 Å². The molecule has 1 amide bonds. The van der Waals surface area contributed by atoms with Gasteiger partial charge in [0.2, 0.25) is 0 Å². The molecular weight excluding hydrogens is 263 g/mol. The summed E-state index contributed by atoms with van der Waals surface area (Å²) in [5.74, 6) is -1.94. The largest absolute Gasteiger partial charge is 0.477 e. The van der Waals surface area contributed by atoms with Crippen molar-refractivity contribution in [1.29, 1.82) is 0 Å². The number of carbonyl (C=O) groups is 2. The molecule has 2 N–H and O–H groups in total. The van der Waals surface area contributed by atoms with Crippen LogP contribution in [0.4, 0.5) is 10.2 Å². The number of halogens is 1. The second-order valence-electron chi connectivity index (χ2n) is 4.13. The van der Waals surface area contributed by atoms with E-state index >= 15 is 0 Å². The first-order valence-electron chi connectivity index (χ1n) is 5.75. The number of aromatic nitrogens is 1. The number of hydrogen-bond acceptors (Lipinski definition) is 3. The van der Waals surface area contributed by atoms with Crippen molar-refractivity contribution in [2.45, 2.75) is 6.92 Å². The molecule has 0 fully saturated rings. The van der Waals surface area contributed by atoms with Crippen LogP contribution in [0.3, 0.4) is 0 Å². The Balaban J connectivity index is 2.21. The number of nitrogens with zero attached hydrogens (tertiary/aromatic N) is 1. The van der Waals surface area contributed by atoms with Crippen molar-refractivity contribution in [3.8, 4) is 0 Å². The molecule has 0 saturated carbocycles. The van der Waals surface area contributed by atoms with Crippen LogP contribution in [0.25, 0.3) is 0 Å². The highest BCUT2D eigenvalue weighted by molar-refractivity contribution is 6.04. The van der Waals surface area contributed by atoms with Crippen LogP contribution in [-0.2, 0) is 0 Å². The lowest BCUT2D eigenvalue weighted by Crippen LogP contribution is -2.14. The third-order valence-electron chi connectivity index (χ3n) is 2.63. The van der Waals surface area contributed by atoms with Gasteiger partial charge in [-0.05, 0) is 42.8 Å². The Hall–Kier alpha value is -2.76. The highest BCUT2D eigenvalue weighted by Crippen LogP contribution is 2.12. The number of benzene rings is 1. The van der Waals surface area contributed by atoms with E-state index in [0.29, 0.717) is 5.56 Å². The first-order chi connectivity index (χ1) is 9.47. The first-order valence-corrected chi connectivity index (χ1v) is 5.75. The Bertz CT molecular complexity index is 686. The standard InChI is InChI=1S/C14H11FN2O3/c1-8-7-9(5-6-10(8)15)13(18)17-12-4-2-3-11(16-12)14(19)20/h2-7H,1H3,(H,19,20)(H,16,17,18). The molecule has 0 aliphatic carbocycles. The molecule has 2 aromatic rings. The summed E-state index contributed by atoms with van der Waals surface area (Å²) in [6, 6.07) is 8.22. The Kier molecular flexibility index (Phi) is 3.74. The van der Waals surface area contributed by atoms with Crippen molar-refractivity contribution >= 4 is 17.7 Å². The lowest BCUT2D eigenvalue weighted by atomic mass is 10.1. The van der Waals surface area contributed by atoms with Crippen molar-refractivity contribution in [1.82, 2.24) is 4.98 Å². The number of carboxylic acid groups (broad SMARTS) is 1. The van der Waals surface area contributed by atoms with E-state index in [1.165, 1.54) is 36.4 Å². The maximum Gasteiger partial charge on any atom is 0.354 e. The summed E-state index contributed by atoms with van der Waals surface area (Å²) in [5.41, 5.74) is 0.453. The van der Waals surface area contributed by atoms with Crippen LogP contribution in [0.1, 0.15) is 26.4 Å². The van der Waals surface area contributed by atoms with Crippen LogP contribution >= 0.6 is 0 Å². The van der Waals surface area contributed by atoms with E-state index in [1.807, 2.05) is 0 Å². The van der Waals surface area contributed by atoms with Crippen LogP contribution in [0.15, 0.2) is 36.4 Å². The first kappa shape index (κ1) is 13.7. The lowest BCUT2D eigenvalue weighted by Gasteiger charge is -2.06. The number of hydrogen-bond donors (Lipinski definition) is 2. The van der Waals surface area contributed by atoms with E-state index in [2.05, 4.69) is 10.3 Å². The summed E-state index contributed by atoms with van der Waals surface area (Å²) < 4.78 is 13.1. The van der Waals surface area contributed by atoms with Gasteiger partial charge in [-0.1, -0.05) is 6.07 Å². The molecule has 0 radical (unpaired) electrons. The van der Waals surface area contributed by atoms with Crippen molar-refractivity contribution in [2.75, 3.05) is 5.32 Å². The number of anilines is 1. The Morgan fingerprint density at radius 2 is 2.00 bits per heavy atom. The fourth-order valence-electron chi connectivity index (χ4n) is 1.60. The van der Waals surface area contributed by atoms with Gasteiger partial charge in [-0.2, -0.15) is 0 Å². The van der Waals surface area contributed by atoms with E-state index in [1.54, 1.807) is 6.92 Å². The summed E-state index contributed by atoms with van der Waals surface area (Å²) in [7, 11) is 0. The molecule has 0 spiro atoms. The average molecular weight is 274 g/mol. The molecule has 5 nitrogen and oxygen atoms in total. The molecule has 0 saturated heterocycles. The highest BCUT2D eigenvalue weighted by atomic mass is 19.1. The molecule has 0 aliphatic rings. The van der Waals surface area contributed by atoms with Crippen molar-refractivity contribution in [3.63, 3.8) is 0 Å². The maximum atomic E-state index is 13.1. The van der Waals surface area contributed by atoms with Gasteiger partial charge in [-0.3, -0.25) is 4.79 Å². The summed E-state index contributed by atoms with van der Waals surface area (Å²) in [6.45, 7) is 1.55. The summed E-state index contributed by atoms with van der Waals surface area (Å²) in [4.78, 5) is 26.5. The minimum Gasteiger partial charge on any atom is -0.477 e. The van der Waals surface area contributed by atoms with Crippen LogP contribution in [0.5, 0.6) is 0 Å². The van der Waals surface area contributed by atoms with Gasteiger partial charge in [-0.15, -0.1) is 0 Å². The number of aryl methyl sites for hydroxylation is 1. The van der Waals surface area contributed by atoms with Gasteiger partial charge in [0.05, 0.1) is 0 Å². The molecule has 102 valence electrons. The fraction of sp³-hybridized carbons (Fsp3) is 0.0714. The Labute approximate surface area is 114 Å². The summed E-state index contributed by atoms with van der Waals surface area (Å²) in [6.07, 6.45) is 0. The predicted molar refractivity (Wildman–Crippen MR) is 70.3 cm³/mol. The van der Waals surface area contributed by atoms with Crippen molar-refractivity contribution in [2.24, 2.45) is 0 Å². The number of amides is 1. The van der Waals surface area contributed by atoms with Gasteiger partial charge in [0.15, 0.2) is 5.69 Å². The van der Waals surface area contributed by atoms with Gasteiger partial charge in [0, 0.05) is 5.56 Å². The average Bonchev–Trinajstić information content (AvgIpc) is 2.42. The summed E-state index contributed by atoms with van der Waals surface area (Å²) in [5, 5.41) is 11.3. The van der Waals surface area contributed by atoms with E-state index in [-0.39, 0.29) is 17.1 Å². The quantitative estimate of drug-likeness (QED) is 0.901. The predicted octanol–water partition coefficient (Wildman–Crippen LogP) is 2.48. The Morgan fingerprint density at radius 3 is 2.65 bits per heavy atom. The zero-order valence-corrected chi connectivity index (χ0v) is 10.6. The molecule has 2 rings (SSSR count). The molecule has 0 unspecified atom stereocenters. The second-order valence-corrected chi connectivity index (χ2v) is 4.13. The molecule has 1 heterocycles. The second kappa shape index (κ2) is 5.48. The van der Waals surface area contributed by atoms with Crippen molar-refractivity contribution in [3.05, 3.63) is 59.0 Å². The number of carboxylic acids is 1. The van der Waals surface area contributed by atoms with E-state index in [9.17, 15) is 14.0 Å². The van der Waals surface area contributed by atoms with Crippen LogP contribution in [0.2, 0.25) is 0 Å². The van der Waals surface area contributed by atoms with Gasteiger partial charge >= 0.3 is 5.97 Å². The number of nitrogens with one attached hydrogen (secondary N) is 1. The molecular formula is C14H11FN2O3. The van der Waals surface area contributed by atoms with Crippen molar-refractivity contribution < 1.29 is 19.1 Å². The molecule has 1 aromatic heterocycles. The normalized spacial score (nSPS) is 10.1. The molecule has 6 heteroatoms. The van der Waals surface area contributed by atoms with Crippen LogP contribution in [0, 0.1) is 12.7 Å². The highest BCUT2D eigenvalue weighted by Gasteiger charge is 2.10.